The minimum atomic E-state index is -0.142. The summed E-state index contributed by atoms with van der Waals surface area (Å²) >= 11 is 1.66. The average molecular weight is 391 g/mol. The van der Waals surface area contributed by atoms with Gasteiger partial charge < -0.3 is 19.9 Å². The van der Waals surface area contributed by atoms with Crippen LogP contribution in [0.5, 0.6) is 5.88 Å². The van der Waals surface area contributed by atoms with E-state index in [-0.39, 0.29) is 12.1 Å². The Hall–Kier alpha value is -2.12. The molecule has 0 unspecified atom stereocenters. The molecule has 0 aromatic carbocycles. The Morgan fingerprint density at radius 1 is 1.22 bits per heavy atom. The monoisotopic (exact) mass is 390 g/mol. The number of amides is 2. The smallest absolute Gasteiger partial charge is 0.322 e. The van der Waals surface area contributed by atoms with E-state index >= 15 is 0 Å². The lowest BCUT2D eigenvalue weighted by Gasteiger charge is -2.26. The van der Waals surface area contributed by atoms with Crippen LogP contribution >= 0.6 is 11.3 Å². The molecule has 0 spiro atoms. The molecule has 0 atom stereocenters. The van der Waals surface area contributed by atoms with E-state index in [1.807, 2.05) is 36.3 Å². The molecule has 27 heavy (non-hydrogen) atoms. The summed E-state index contributed by atoms with van der Waals surface area (Å²) in [6.07, 6.45) is 1.65. The van der Waals surface area contributed by atoms with Gasteiger partial charge in [-0.05, 0) is 50.5 Å². The second-order valence-electron chi connectivity index (χ2n) is 6.48. The number of ether oxygens (including phenoxy) is 1. The predicted octanol–water partition coefficient (Wildman–Crippen LogP) is 4.31. The van der Waals surface area contributed by atoms with Crippen molar-refractivity contribution in [2.24, 2.45) is 0 Å². The molecule has 2 rings (SSSR count). The molecule has 0 radical (unpaired) electrons. The number of urea groups is 1. The van der Waals surface area contributed by atoms with E-state index < -0.39 is 0 Å². The fourth-order valence-corrected chi connectivity index (χ4v) is 3.36. The SMILES string of the molecule is CCN(CC)CCN(Cc1cccs1)C(=O)Nc1cccnc1OC(C)C. The number of likely N-dealkylation sites (N-methyl/N-ethyl adjacent to an activating group) is 1. The third kappa shape index (κ3) is 6.84. The fraction of sp³-hybridized carbons (Fsp3) is 0.500. The van der Waals surface area contributed by atoms with E-state index in [4.69, 9.17) is 4.74 Å². The van der Waals surface area contributed by atoms with E-state index in [0.29, 0.717) is 24.7 Å². The number of hydrogen-bond donors (Lipinski definition) is 1. The van der Waals surface area contributed by atoms with Gasteiger partial charge in [0.05, 0.1) is 12.6 Å². The first-order valence-corrected chi connectivity index (χ1v) is 10.3. The Balaban J connectivity index is 2.10. The zero-order valence-electron chi connectivity index (χ0n) is 16.6. The first kappa shape index (κ1) is 21.2. The molecular weight excluding hydrogens is 360 g/mol. The molecule has 7 heteroatoms. The number of nitrogens with one attached hydrogen (secondary N) is 1. The first-order valence-electron chi connectivity index (χ1n) is 9.45. The lowest BCUT2D eigenvalue weighted by molar-refractivity contribution is 0.194. The van der Waals surface area contributed by atoms with Crippen molar-refractivity contribution in [3.63, 3.8) is 0 Å². The van der Waals surface area contributed by atoms with Crippen molar-refractivity contribution in [1.29, 1.82) is 0 Å². The molecule has 0 bridgehead atoms. The molecule has 6 nitrogen and oxygen atoms in total. The van der Waals surface area contributed by atoms with Gasteiger partial charge >= 0.3 is 6.03 Å². The number of nitrogens with zero attached hydrogens (tertiary/aromatic N) is 3. The van der Waals surface area contributed by atoms with Gasteiger partial charge in [-0.3, -0.25) is 0 Å². The Labute approximate surface area is 166 Å². The lowest BCUT2D eigenvalue weighted by atomic mass is 10.3. The van der Waals surface area contributed by atoms with Gasteiger partial charge in [-0.25, -0.2) is 9.78 Å². The van der Waals surface area contributed by atoms with Crippen molar-refractivity contribution in [3.05, 3.63) is 40.7 Å². The second-order valence-corrected chi connectivity index (χ2v) is 7.51. The van der Waals surface area contributed by atoms with E-state index in [2.05, 4.69) is 35.1 Å². The van der Waals surface area contributed by atoms with Crippen molar-refractivity contribution in [2.45, 2.75) is 40.3 Å². The van der Waals surface area contributed by atoms with Gasteiger partial charge in [0, 0.05) is 24.2 Å². The summed E-state index contributed by atoms with van der Waals surface area (Å²) in [5.41, 5.74) is 0.593. The zero-order valence-corrected chi connectivity index (χ0v) is 17.5. The molecule has 0 saturated heterocycles. The van der Waals surface area contributed by atoms with Crippen molar-refractivity contribution in [1.82, 2.24) is 14.8 Å². The van der Waals surface area contributed by atoms with Crippen molar-refractivity contribution < 1.29 is 9.53 Å². The number of carbonyl (C=O) groups is 1. The van der Waals surface area contributed by atoms with Gasteiger partial charge in [-0.1, -0.05) is 19.9 Å². The highest BCUT2D eigenvalue weighted by Crippen LogP contribution is 2.22. The Morgan fingerprint density at radius 3 is 2.63 bits per heavy atom. The van der Waals surface area contributed by atoms with Crippen LogP contribution in [0, 0.1) is 0 Å². The van der Waals surface area contributed by atoms with E-state index in [9.17, 15) is 4.79 Å². The minimum absolute atomic E-state index is 0.0135. The summed E-state index contributed by atoms with van der Waals surface area (Å²) in [6.45, 7) is 12.2. The summed E-state index contributed by atoms with van der Waals surface area (Å²) in [7, 11) is 0. The van der Waals surface area contributed by atoms with Gasteiger partial charge in [-0.2, -0.15) is 0 Å². The van der Waals surface area contributed by atoms with Crippen LogP contribution in [0.2, 0.25) is 0 Å². The number of aromatic nitrogens is 1. The maximum absolute atomic E-state index is 13.0. The Bertz CT molecular complexity index is 687. The molecule has 2 amide bonds. The van der Waals surface area contributed by atoms with E-state index in [1.165, 1.54) is 0 Å². The third-order valence-electron chi connectivity index (χ3n) is 4.15. The number of rotatable bonds is 10. The quantitative estimate of drug-likeness (QED) is 0.657. The fourth-order valence-electron chi connectivity index (χ4n) is 2.64. The topological polar surface area (TPSA) is 57.7 Å². The average Bonchev–Trinajstić information content (AvgIpc) is 3.16. The van der Waals surface area contributed by atoms with Crippen molar-refractivity contribution in [3.8, 4) is 5.88 Å². The van der Waals surface area contributed by atoms with Crippen LogP contribution in [0.1, 0.15) is 32.6 Å². The van der Waals surface area contributed by atoms with Gasteiger partial charge in [0.1, 0.15) is 5.69 Å². The Morgan fingerprint density at radius 2 is 2.00 bits per heavy atom. The maximum Gasteiger partial charge on any atom is 0.322 e. The number of thiophene rings is 1. The van der Waals surface area contributed by atoms with Crippen LogP contribution in [0.25, 0.3) is 0 Å². The zero-order chi connectivity index (χ0) is 19.6. The molecular formula is C20H30N4O2S. The van der Waals surface area contributed by atoms with Crippen LogP contribution in [-0.2, 0) is 6.54 Å². The summed E-state index contributed by atoms with van der Waals surface area (Å²) in [4.78, 5) is 22.5. The van der Waals surface area contributed by atoms with Crippen molar-refractivity contribution in [2.75, 3.05) is 31.5 Å². The highest BCUT2D eigenvalue weighted by Gasteiger charge is 2.18. The molecule has 0 aliphatic rings. The highest BCUT2D eigenvalue weighted by atomic mass is 32.1. The number of anilines is 1. The van der Waals surface area contributed by atoms with Gasteiger partial charge in [0.15, 0.2) is 0 Å². The first-order chi connectivity index (χ1) is 13.0. The molecule has 0 saturated carbocycles. The van der Waals surface area contributed by atoms with Crippen LogP contribution in [0.3, 0.4) is 0 Å². The maximum atomic E-state index is 13.0. The van der Waals surface area contributed by atoms with E-state index in [1.54, 1.807) is 23.6 Å². The summed E-state index contributed by atoms with van der Waals surface area (Å²) in [5.74, 6) is 0.445. The summed E-state index contributed by atoms with van der Waals surface area (Å²) in [6, 6.07) is 7.53. The standard InChI is InChI=1S/C20H30N4O2S/c1-5-23(6-2)12-13-24(15-17-9-8-14-27-17)20(25)22-18-10-7-11-21-19(18)26-16(3)4/h7-11,14,16H,5-6,12-13,15H2,1-4H3,(H,22,25). The van der Waals surface area contributed by atoms with E-state index in [0.717, 1.165) is 24.5 Å². The normalized spacial score (nSPS) is 11.0. The van der Waals surface area contributed by atoms with Crippen LogP contribution in [-0.4, -0.2) is 53.1 Å². The number of carbonyl (C=O) groups excluding carboxylic acids is 1. The lowest BCUT2D eigenvalue weighted by Crippen LogP contribution is -2.40. The molecule has 0 fully saturated rings. The molecule has 2 aromatic rings. The van der Waals surface area contributed by atoms with Crippen LogP contribution in [0.15, 0.2) is 35.8 Å². The minimum Gasteiger partial charge on any atom is -0.473 e. The van der Waals surface area contributed by atoms with Gasteiger partial charge in [-0.15, -0.1) is 11.3 Å². The molecule has 148 valence electrons. The Kier molecular flexibility index (Phi) is 8.54. The van der Waals surface area contributed by atoms with Crippen LogP contribution in [0.4, 0.5) is 10.5 Å². The predicted molar refractivity (Wildman–Crippen MR) is 112 cm³/mol. The molecule has 2 aromatic heterocycles. The van der Waals surface area contributed by atoms with Gasteiger partial charge in [0.2, 0.25) is 5.88 Å². The summed E-state index contributed by atoms with van der Waals surface area (Å²) in [5, 5.41) is 5.01. The highest BCUT2D eigenvalue weighted by molar-refractivity contribution is 7.09. The largest absolute Gasteiger partial charge is 0.473 e. The molecule has 0 aliphatic carbocycles. The van der Waals surface area contributed by atoms with Crippen LogP contribution < -0.4 is 10.1 Å². The number of pyridine rings is 1. The molecule has 1 N–H and O–H groups in total. The number of hydrogen-bond acceptors (Lipinski definition) is 5. The summed E-state index contributed by atoms with van der Waals surface area (Å²) < 4.78 is 5.71. The molecule has 0 aliphatic heterocycles. The molecule has 2 heterocycles. The third-order valence-corrected chi connectivity index (χ3v) is 5.02. The van der Waals surface area contributed by atoms with Gasteiger partial charge in [0.25, 0.3) is 0 Å². The van der Waals surface area contributed by atoms with Crippen molar-refractivity contribution >= 4 is 23.1 Å². The second kappa shape index (κ2) is 10.9.